The molecule has 3 rings (SSSR count). The molecule has 1 nitrogen and oxygen atoms in total. The number of benzene rings is 3. The SMILES string of the molecule is O=CC(c1ccc(F)cc1)(c1ccc(F)cc1)c1ccc(F)cc1. The molecule has 0 bridgehead atoms. The molecule has 0 aliphatic heterocycles. The summed E-state index contributed by atoms with van der Waals surface area (Å²) in [5.41, 5.74) is 0.251. The van der Waals surface area contributed by atoms with Crippen LogP contribution in [0.3, 0.4) is 0 Å². The van der Waals surface area contributed by atoms with Gasteiger partial charge in [0.05, 0.1) is 0 Å². The summed E-state index contributed by atoms with van der Waals surface area (Å²) in [6.45, 7) is 0. The fraction of sp³-hybridized carbons (Fsp3) is 0.0500. The van der Waals surface area contributed by atoms with Crippen LogP contribution in [-0.2, 0) is 10.2 Å². The fourth-order valence-electron chi connectivity index (χ4n) is 2.84. The van der Waals surface area contributed by atoms with Crippen LogP contribution in [0.25, 0.3) is 0 Å². The molecule has 120 valence electrons. The van der Waals surface area contributed by atoms with E-state index in [0.29, 0.717) is 23.0 Å². The van der Waals surface area contributed by atoms with Gasteiger partial charge in [0, 0.05) is 0 Å². The van der Waals surface area contributed by atoms with Gasteiger partial charge in [0.1, 0.15) is 29.2 Å². The Morgan fingerprint density at radius 3 is 1.00 bits per heavy atom. The normalized spacial score (nSPS) is 11.3. The molecule has 0 unspecified atom stereocenters. The quantitative estimate of drug-likeness (QED) is 0.504. The maximum absolute atomic E-state index is 13.3. The zero-order valence-corrected chi connectivity index (χ0v) is 12.5. The predicted octanol–water partition coefficient (Wildman–Crippen LogP) is 4.64. The molecule has 0 atom stereocenters. The molecule has 0 spiro atoms. The third-order valence-corrected chi connectivity index (χ3v) is 4.08. The molecule has 0 aliphatic rings. The van der Waals surface area contributed by atoms with Crippen molar-refractivity contribution in [2.75, 3.05) is 0 Å². The van der Waals surface area contributed by atoms with Gasteiger partial charge in [-0.25, -0.2) is 13.2 Å². The highest BCUT2D eigenvalue weighted by Gasteiger charge is 2.36. The maximum atomic E-state index is 13.3. The molecule has 4 heteroatoms. The van der Waals surface area contributed by atoms with Crippen LogP contribution in [0.2, 0.25) is 0 Å². The van der Waals surface area contributed by atoms with Crippen molar-refractivity contribution in [3.05, 3.63) is 107 Å². The van der Waals surface area contributed by atoms with E-state index in [2.05, 4.69) is 0 Å². The molecular formula is C20H13F3O. The van der Waals surface area contributed by atoms with Gasteiger partial charge in [-0.1, -0.05) is 36.4 Å². The van der Waals surface area contributed by atoms with Crippen LogP contribution < -0.4 is 0 Å². The van der Waals surface area contributed by atoms with Crippen molar-refractivity contribution in [1.29, 1.82) is 0 Å². The topological polar surface area (TPSA) is 17.1 Å². The van der Waals surface area contributed by atoms with Gasteiger partial charge in [-0.2, -0.15) is 0 Å². The number of aldehydes is 1. The number of carbonyl (C=O) groups is 1. The molecule has 0 heterocycles. The Balaban J connectivity index is 2.29. The van der Waals surface area contributed by atoms with Crippen molar-refractivity contribution >= 4 is 6.29 Å². The summed E-state index contributed by atoms with van der Waals surface area (Å²) in [5.74, 6) is -1.30. The first-order chi connectivity index (χ1) is 11.6. The lowest BCUT2D eigenvalue weighted by Gasteiger charge is -2.30. The summed E-state index contributed by atoms with van der Waals surface area (Å²) < 4.78 is 39.9. The average molecular weight is 326 g/mol. The van der Waals surface area contributed by atoms with Crippen molar-refractivity contribution in [3.63, 3.8) is 0 Å². The van der Waals surface area contributed by atoms with Gasteiger partial charge in [0.25, 0.3) is 0 Å². The maximum Gasteiger partial charge on any atom is 0.139 e. The van der Waals surface area contributed by atoms with Gasteiger partial charge in [0.2, 0.25) is 0 Å². The van der Waals surface area contributed by atoms with Gasteiger partial charge < -0.3 is 4.79 Å². The molecule has 0 saturated carbocycles. The molecule has 0 amide bonds. The highest BCUT2D eigenvalue weighted by Crippen LogP contribution is 2.37. The second-order valence-corrected chi connectivity index (χ2v) is 5.45. The molecule has 0 N–H and O–H groups in total. The zero-order valence-electron chi connectivity index (χ0n) is 12.5. The molecule has 0 radical (unpaired) electrons. The van der Waals surface area contributed by atoms with Crippen molar-refractivity contribution in [1.82, 2.24) is 0 Å². The Labute approximate surface area is 137 Å². The van der Waals surface area contributed by atoms with E-state index >= 15 is 0 Å². The number of hydrogen-bond acceptors (Lipinski definition) is 1. The predicted molar refractivity (Wildman–Crippen MR) is 85.1 cm³/mol. The Morgan fingerprint density at radius 2 is 0.792 bits per heavy atom. The largest absolute Gasteiger partial charge is 0.302 e. The van der Waals surface area contributed by atoms with Gasteiger partial charge in [-0.15, -0.1) is 0 Å². The van der Waals surface area contributed by atoms with E-state index < -0.39 is 22.9 Å². The van der Waals surface area contributed by atoms with E-state index in [4.69, 9.17) is 0 Å². The van der Waals surface area contributed by atoms with Gasteiger partial charge in [0.15, 0.2) is 0 Å². The van der Waals surface area contributed by atoms with Gasteiger partial charge >= 0.3 is 0 Å². The number of hydrogen-bond donors (Lipinski definition) is 0. The third kappa shape index (κ3) is 2.71. The first kappa shape index (κ1) is 16.0. The lowest BCUT2D eigenvalue weighted by molar-refractivity contribution is -0.110. The lowest BCUT2D eigenvalue weighted by atomic mass is 9.70. The number of rotatable bonds is 4. The Kier molecular flexibility index (Phi) is 4.21. The molecular weight excluding hydrogens is 313 g/mol. The molecule has 3 aromatic carbocycles. The summed E-state index contributed by atoms with van der Waals surface area (Å²) in [6, 6.07) is 16.5. The first-order valence-corrected chi connectivity index (χ1v) is 7.31. The van der Waals surface area contributed by atoms with E-state index in [0.717, 1.165) is 0 Å². The van der Waals surface area contributed by atoms with Crippen LogP contribution in [0, 0.1) is 17.5 Å². The third-order valence-electron chi connectivity index (χ3n) is 4.08. The molecule has 0 saturated heterocycles. The molecule has 0 aromatic heterocycles. The van der Waals surface area contributed by atoms with Crippen LogP contribution in [-0.4, -0.2) is 6.29 Å². The smallest absolute Gasteiger partial charge is 0.139 e. The summed E-state index contributed by atoms with van der Waals surface area (Å²) in [4.78, 5) is 12.2. The Bertz CT molecular complexity index is 727. The van der Waals surface area contributed by atoms with Gasteiger partial charge in [-0.3, -0.25) is 0 Å². The second-order valence-electron chi connectivity index (χ2n) is 5.45. The lowest BCUT2D eigenvalue weighted by Crippen LogP contribution is -2.31. The van der Waals surface area contributed by atoms with Gasteiger partial charge in [-0.05, 0) is 53.1 Å². The van der Waals surface area contributed by atoms with Crippen molar-refractivity contribution < 1.29 is 18.0 Å². The van der Waals surface area contributed by atoms with Crippen LogP contribution in [0.4, 0.5) is 13.2 Å². The second kappa shape index (κ2) is 6.32. The van der Waals surface area contributed by atoms with Crippen molar-refractivity contribution in [3.8, 4) is 0 Å². The number of carbonyl (C=O) groups excluding carboxylic acids is 1. The van der Waals surface area contributed by atoms with E-state index in [1.807, 2.05) is 0 Å². The first-order valence-electron chi connectivity index (χ1n) is 7.31. The molecule has 3 aromatic rings. The fourth-order valence-corrected chi connectivity index (χ4v) is 2.84. The van der Waals surface area contributed by atoms with Crippen molar-refractivity contribution in [2.45, 2.75) is 5.41 Å². The minimum absolute atomic E-state index is 0.434. The van der Waals surface area contributed by atoms with E-state index in [1.165, 1.54) is 72.8 Å². The Morgan fingerprint density at radius 1 is 0.542 bits per heavy atom. The van der Waals surface area contributed by atoms with Crippen LogP contribution in [0.15, 0.2) is 72.8 Å². The zero-order chi connectivity index (χ0) is 17.2. The van der Waals surface area contributed by atoms with Crippen LogP contribution >= 0.6 is 0 Å². The molecule has 24 heavy (non-hydrogen) atoms. The Hall–Kier alpha value is -2.88. The van der Waals surface area contributed by atoms with E-state index in [-0.39, 0.29) is 0 Å². The standard InChI is InChI=1S/C20H13F3O/c21-17-7-1-14(2-8-17)20(13-24,15-3-9-18(22)10-4-15)16-5-11-19(23)12-6-16/h1-13H. The summed E-state index contributed by atoms with van der Waals surface area (Å²) in [6.07, 6.45) is 0.709. The average Bonchev–Trinajstić information content (AvgIpc) is 2.60. The van der Waals surface area contributed by atoms with Crippen LogP contribution in [0.5, 0.6) is 0 Å². The molecule has 0 fully saturated rings. The summed E-state index contributed by atoms with van der Waals surface area (Å²) >= 11 is 0. The summed E-state index contributed by atoms with van der Waals surface area (Å²) in [7, 11) is 0. The molecule has 0 aliphatic carbocycles. The van der Waals surface area contributed by atoms with E-state index in [1.54, 1.807) is 0 Å². The van der Waals surface area contributed by atoms with Crippen molar-refractivity contribution in [2.24, 2.45) is 0 Å². The minimum atomic E-state index is -1.28. The summed E-state index contributed by atoms with van der Waals surface area (Å²) in [5, 5.41) is 0. The highest BCUT2D eigenvalue weighted by atomic mass is 19.1. The highest BCUT2D eigenvalue weighted by molar-refractivity contribution is 5.81. The monoisotopic (exact) mass is 326 g/mol. The minimum Gasteiger partial charge on any atom is -0.302 e. The van der Waals surface area contributed by atoms with E-state index in [9.17, 15) is 18.0 Å². The number of halogens is 3. The van der Waals surface area contributed by atoms with Crippen LogP contribution in [0.1, 0.15) is 16.7 Å².